The average molecular weight is 297 g/mol. The summed E-state index contributed by atoms with van der Waals surface area (Å²) >= 11 is 0. The van der Waals surface area contributed by atoms with Gasteiger partial charge in [0.1, 0.15) is 0 Å². The molecule has 1 aromatic carbocycles. The van der Waals surface area contributed by atoms with Gasteiger partial charge in [-0.3, -0.25) is 4.72 Å². The lowest BCUT2D eigenvalue weighted by atomic mass is 10.1. The van der Waals surface area contributed by atoms with Gasteiger partial charge in [-0.15, -0.1) is 0 Å². The van der Waals surface area contributed by atoms with Crippen molar-refractivity contribution >= 4 is 15.7 Å². The van der Waals surface area contributed by atoms with Crippen molar-refractivity contribution in [2.24, 2.45) is 0 Å². The number of unbranched alkanes of at least 4 members (excludes halogenated alkanes) is 4. The van der Waals surface area contributed by atoms with Gasteiger partial charge in [0, 0.05) is 5.69 Å². The van der Waals surface area contributed by atoms with Crippen LogP contribution < -0.4 is 4.72 Å². The van der Waals surface area contributed by atoms with Gasteiger partial charge in [0.2, 0.25) is 10.0 Å². The van der Waals surface area contributed by atoms with Crippen molar-refractivity contribution in [2.75, 3.05) is 4.72 Å². The van der Waals surface area contributed by atoms with E-state index < -0.39 is 10.0 Å². The fraction of sp³-hybridized carbons (Fsp3) is 0.625. The Balaban J connectivity index is 2.44. The van der Waals surface area contributed by atoms with Gasteiger partial charge in [-0.05, 0) is 32.4 Å². The zero-order valence-corrected chi connectivity index (χ0v) is 13.7. The van der Waals surface area contributed by atoms with Gasteiger partial charge in [-0.1, -0.05) is 56.7 Å². The van der Waals surface area contributed by atoms with E-state index in [1.165, 1.54) is 19.3 Å². The van der Waals surface area contributed by atoms with Crippen LogP contribution in [0.5, 0.6) is 0 Å². The summed E-state index contributed by atoms with van der Waals surface area (Å²) in [5.74, 6) is 0. The number of hydrogen-bond donors (Lipinski definition) is 1. The summed E-state index contributed by atoms with van der Waals surface area (Å²) in [6, 6.07) is 7.43. The molecular weight excluding hydrogens is 270 g/mol. The highest BCUT2D eigenvalue weighted by Gasteiger charge is 2.19. The summed E-state index contributed by atoms with van der Waals surface area (Å²) in [5.41, 5.74) is 1.77. The third kappa shape index (κ3) is 5.95. The molecule has 1 N–H and O–H groups in total. The maximum Gasteiger partial charge on any atom is 0.235 e. The number of benzene rings is 1. The maximum absolute atomic E-state index is 12.2. The van der Waals surface area contributed by atoms with Crippen molar-refractivity contribution in [3.63, 3.8) is 0 Å². The molecule has 0 amide bonds. The topological polar surface area (TPSA) is 46.2 Å². The van der Waals surface area contributed by atoms with Crippen LogP contribution >= 0.6 is 0 Å². The van der Waals surface area contributed by atoms with Crippen molar-refractivity contribution in [1.82, 2.24) is 0 Å². The second kappa shape index (κ2) is 8.30. The molecular formula is C16H27NO2S. The van der Waals surface area contributed by atoms with Crippen LogP contribution in [0.4, 0.5) is 5.69 Å². The molecule has 3 nitrogen and oxygen atoms in total. The van der Waals surface area contributed by atoms with E-state index in [2.05, 4.69) is 11.6 Å². The van der Waals surface area contributed by atoms with E-state index >= 15 is 0 Å². The molecule has 0 saturated carbocycles. The van der Waals surface area contributed by atoms with Crippen LogP contribution in [0.25, 0.3) is 0 Å². The average Bonchev–Trinajstić information content (AvgIpc) is 2.40. The molecule has 1 unspecified atom stereocenters. The third-order valence-corrected chi connectivity index (χ3v) is 5.37. The van der Waals surface area contributed by atoms with Crippen molar-refractivity contribution < 1.29 is 8.42 Å². The van der Waals surface area contributed by atoms with Crippen molar-refractivity contribution in [3.05, 3.63) is 29.8 Å². The predicted octanol–water partition coefficient (Wildman–Crippen LogP) is 4.49. The first-order valence-corrected chi connectivity index (χ1v) is 9.08. The van der Waals surface area contributed by atoms with E-state index in [0.717, 1.165) is 24.8 Å². The number of sulfonamides is 1. The minimum atomic E-state index is -3.27. The van der Waals surface area contributed by atoms with Crippen LogP contribution in [0.1, 0.15) is 57.9 Å². The molecule has 114 valence electrons. The van der Waals surface area contributed by atoms with Crippen LogP contribution in [0, 0.1) is 6.92 Å². The first-order chi connectivity index (χ1) is 9.45. The summed E-state index contributed by atoms with van der Waals surface area (Å²) in [7, 11) is -3.27. The highest BCUT2D eigenvalue weighted by molar-refractivity contribution is 7.93. The number of hydrogen-bond acceptors (Lipinski definition) is 2. The van der Waals surface area contributed by atoms with Crippen LogP contribution in [-0.4, -0.2) is 13.7 Å². The molecule has 0 aromatic heterocycles. The third-order valence-electron chi connectivity index (χ3n) is 3.56. The van der Waals surface area contributed by atoms with Crippen molar-refractivity contribution in [2.45, 2.75) is 64.5 Å². The molecule has 1 rings (SSSR count). The maximum atomic E-state index is 12.2. The monoisotopic (exact) mass is 297 g/mol. The standard InChI is InChI=1S/C16H27NO2S/c1-4-5-6-7-8-9-15(3)20(18,19)17-16-12-10-14(2)11-13-16/h10-13,15,17H,4-9H2,1-3H3. The summed E-state index contributed by atoms with van der Waals surface area (Å²) < 4.78 is 27.1. The smallest absolute Gasteiger partial charge is 0.235 e. The zero-order chi connectivity index (χ0) is 15.0. The van der Waals surface area contributed by atoms with Crippen molar-refractivity contribution in [1.29, 1.82) is 0 Å². The number of aryl methyl sites for hydroxylation is 1. The highest BCUT2D eigenvalue weighted by Crippen LogP contribution is 2.17. The van der Waals surface area contributed by atoms with E-state index in [0.29, 0.717) is 5.69 Å². The minimum Gasteiger partial charge on any atom is -0.283 e. The van der Waals surface area contributed by atoms with E-state index in [-0.39, 0.29) is 5.25 Å². The summed E-state index contributed by atoms with van der Waals surface area (Å²) in [6.45, 7) is 5.95. The Hall–Kier alpha value is -1.03. The Morgan fingerprint density at radius 2 is 1.65 bits per heavy atom. The van der Waals surface area contributed by atoms with Gasteiger partial charge < -0.3 is 0 Å². The van der Waals surface area contributed by atoms with Crippen LogP contribution in [-0.2, 0) is 10.0 Å². The molecule has 20 heavy (non-hydrogen) atoms. The molecule has 0 aliphatic heterocycles. The van der Waals surface area contributed by atoms with E-state index in [1.54, 1.807) is 19.1 Å². The second-order valence-corrected chi connectivity index (χ2v) is 7.63. The lowest BCUT2D eigenvalue weighted by molar-refractivity contribution is 0.563. The Bertz CT molecular complexity index is 480. The molecule has 1 atom stereocenters. The highest BCUT2D eigenvalue weighted by atomic mass is 32.2. The zero-order valence-electron chi connectivity index (χ0n) is 12.9. The van der Waals surface area contributed by atoms with Gasteiger partial charge in [-0.25, -0.2) is 8.42 Å². The Kier molecular flexibility index (Phi) is 7.06. The summed E-state index contributed by atoms with van der Waals surface area (Å²) in [5, 5.41) is -0.342. The SMILES string of the molecule is CCCCCCCC(C)S(=O)(=O)Nc1ccc(C)cc1. The van der Waals surface area contributed by atoms with Gasteiger partial charge in [0.25, 0.3) is 0 Å². The lowest BCUT2D eigenvalue weighted by Crippen LogP contribution is -2.25. The fourth-order valence-corrected chi connectivity index (χ4v) is 3.22. The van der Waals surface area contributed by atoms with E-state index in [1.807, 2.05) is 19.1 Å². The summed E-state index contributed by atoms with van der Waals surface area (Å²) in [6.07, 6.45) is 6.49. The molecule has 0 radical (unpaired) electrons. The number of rotatable bonds is 9. The van der Waals surface area contributed by atoms with Crippen LogP contribution in [0.2, 0.25) is 0 Å². The first-order valence-electron chi connectivity index (χ1n) is 7.54. The number of anilines is 1. The molecule has 0 saturated heterocycles. The molecule has 0 bridgehead atoms. The van der Waals surface area contributed by atoms with Gasteiger partial charge in [-0.2, -0.15) is 0 Å². The Morgan fingerprint density at radius 1 is 1.05 bits per heavy atom. The van der Waals surface area contributed by atoms with Crippen molar-refractivity contribution in [3.8, 4) is 0 Å². The Labute approximate surface area is 123 Å². The van der Waals surface area contributed by atoms with Crippen LogP contribution in [0.3, 0.4) is 0 Å². The molecule has 4 heteroatoms. The molecule has 0 heterocycles. The predicted molar refractivity (Wildman–Crippen MR) is 86.6 cm³/mol. The molecule has 1 aromatic rings. The van der Waals surface area contributed by atoms with E-state index in [9.17, 15) is 8.42 Å². The molecule has 0 aliphatic carbocycles. The fourth-order valence-electron chi connectivity index (χ4n) is 2.08. The van der Waals surface area contributed by atoms with Crippen LogP contribution in [0.15, 0.2) is 24.3 Å². The lowest BCUT2D eigenvalue weighted by Gasteiger charge is -2.15. The minimum absolute atomic E-state index is 0.342. The molecule has 0 aliphatic rings. The molecule has 0 fully saturated rings. The first kappa shape index (κ1) is 17.0. The summed E-state index contributed by atoms with van der Waals surface area (Å²) in [4.78, 5) is 0. The largest absolute Gasteiger partial charge is 0.283 e. The molecule has 0 spiro atoms. The van der Waals surface area contributed by atoms with Gasteiger partial charge in [0.05, 0.1) is 5.25 Å². The quantitative estimate of drug-likeness (QED) is 0.683. The van der Waals surface area contributed by atoms with Gasteiger partial charge in [0.15, 0.2) is 0 Å². The normalized spacial score (nSPS) is 13.2. The second-order valence-electron chi connectivity index (χ2n) is 5.53. The Morgan fingerprint density at radius 3 is 2.25 bits per heavy atom. The van der Waals surface area contributed by atoms with E-state index in [4.69, 9.17) is 0 Å². The number of nitrogens with one attached hydrogen (secondary N) is 1. The van der Waals surface area contributed by atoms with Gasteiger partial charge >= 0.3 is 0 Å².